The third kappa shape index (κ3) is 2.80. The molecular weight excluding hydrogens is 196 g/mol. The van der Waals surface area contributed by atoms with Crippen LogP contribution in [0.4, 0.5) is 11.6 Å². The number of anilines is 2. The van der Waals surface area contributed by atoms with Crippen LogP contribution in [0.1, 0.15) is 6.92 Å². The summed E-state index contributed by atoms with van der Waals surface area (Å²) in [5.41, 5.74) is 5.65. The summed E-state index contributed by atoms with van der Waals surface area (Å²) in [6.45, 7) is 2.63. The first-order valence-electron chi connectivity index (χ1n) is 4.57. The fourth-order valence-corrected chi connectivity index (χ4v) is 1.14. The number of nitrogens with two attached hydrogens (primary N) is 1. The molecule has 1 aromatic heterocycles. The number of methoxy groups -OCH3 is 1. The number of nitrogens with zero attached hydrogens (tertiary/aromatic N) is 3. The molecule has 0 bridgehead atoms. The van der Waals surface area contributed by atoms with Crippen LogP contribution in [-0.4, -0.2) is 36.1 Å². The lowest BCUT2D eigenvalue weighted by molar-refractivity contribution is -0.138. The number of carbonyl (C=O) groups excluding carboxylic acids is 1. The van der Waals surface area contributed by atoms with Gasteiger partial charge in [0, 0.05) is 18.9 Å². The van der Waals surface area contributed by atoms with Gasteiger partial charge in [-0.1, -0.05) is 0 Å². The summed E-state index contributed by atoms with van der Waals surface area (Å²) in [7, 11) is 1.34. The fraction of sp³-hybridized carbons (Fsp3) is 0.444. The van der Waals surface area contributed by atoms with E-state index >= 15 is 0 Å². The summed E-state index contributed by atoms with van der Waals surface area (Å²) in [5, 5.41) is 0. The number of aromatic nitrogens is 2. The van der Waals surface area contributed by atoms with Crippen molar-refractivity contribution in [2.24, 2.45) is 0 Å². The quantitative estimate of drug-likeness (QED) is 0.707. The molecule has 6 heteroatoms. The minimum atomic E-state index is -0.332. The van der Waals surface area contributed by atoms with E-state index in [0.29, 0.717) is 18.2 Å². The van der Waals surface area contributed by atoms with Gasteiger partial charge in [-0.05, 0) is 6.92 Å². The molecule has 1 heterocycles. The Balaban J connectivity index is 2.83. The van der Waals surface area contributed by atoms with Crippen LogP contribution in [0.25, 0.3) is 0 Å². The summed E-state index contributed by atoms with van der Waals surface area (Å²) < 4.78 is 4.57. The average molecular weight is 210 g/mol. The van der Waals surface area contributed by atoms with Gasteiger partial charge < -0.3 is 15.4 Å². The molecule has 0 aromatic carbocycles. The number of hydrogen-bond acceptors (Lipinski definition) is 6. The summed E-state index contributed by atoms with van der Waals surface area (Å²) in [6.07, 6.45) is 3.04. The van der Waals surface area contributed by atoms with Crippen molar-refractivity contribution in [1.82, 2.24) is 9.97 Å². The van der Waals surface area contributed by atoms with Gasteiger partial charge in [0.05, 0.1) is 7.11 Å². The fourth-order valence-electron chi connectivity index (χ4n) is 1.14. The Morgan fingerprint density at radius 3 is 2.73 bits per heavy atom. The molecule has 0 spiro atoms. The predicted molar refractivity (Wildman–Crippen MR) is 56.3 cm³/mol. The Morgan fingerprint density at radius 1 is 1.53 bits per heavy atom. The maximum atomic E-state index is 11.1. The SMILES string of the molecule is CCN(CC(=O)OC)c1nccnc1N. The van der Waals surface area contributed by atoms with Crippen LogP contribution in [0.5, 0.6) is 0 Å². The number of esters is 1. The second-order valence-corrected chi connectivity index (χ2v) is 2.86. The molecule has 0 amide bonds. The van der Waals surface area contributed by atoms with Gasteiger partial charge in [0.2, 0.25) is 0 Å². The number of carbonyl (C=O) groups is 1. The molecule has 0 fully saturated rings. The molecule has 6 nitrogen and oxygen atoms in total. The highest BCUT2D eigenvalue weighted by molar-refractivity contribution is 5.76. The number of likely N-dealkylation sites (N-methyl/N-ethyl adjacent to an activating group) is 1. The van der Waals surface area contributed by atoms with E-state index in [-0.39, 0.29) is 12.5 Å². The molecule has 0 saturated heterocycles. The molecule has 2 N–H and O–H groups in total. The number of nitrogen functional groups attached to an aromatic ring is 1. The van der Waals surface area contributed by atoms with Crippen molar-refractivity contribution in [3.05, 3.63) is 12.4 Å². The Morgan fingerprint density at radius 2 is 2.20 bits per heavy atom. The van der Waals surface area contributed by atoms with Crippen LogP contribution in [0, 0.1) is 0 Å². The smallest absolute Gasteiger partial charge is 0.325 e. The van der Waals surface area contributed by atoms with E-state index in [4.69, 9.17) is 5.73 Å². The Labute approximate surface area is 88.1 Å². The minimum Gasteiger partial charge on any atom is -0.468 e. The molecule has 15 heavy (non-hydrogen) atoms. The van der Waals surface area contributed by atoms with Gasteiger partial charge in [0.25, 0.3) is 0 Å². The molecule has 0 atom stereocenters. The van der Waals surface area contributed by atoms with E-state index in [1.807, 2.05) is 6.92 Å². The van der Waals surface area contributed by atoms with Gasteiger partial charge in [-0.25, -0.2) is 9.97 Å². The lowest BCUT2D eigenvalue weighted by Crippen LogP contribution is -2.31. The van der Waals surface area contributed by atoms with E-state index in [2.05, 4.69) is 14.7 Å². The van der Waals surface area contributed by atoms with Crippen molar-refractivity contribution in [3.8, 4) is 0 Å². The highest BCUT2D eigenvalue weighted by Gasteiger charge is 2.13. The maximum Gasteiger partial charge on any atom is 0.325 e. The zero-order chi connectivity index (χ0) is 11.3. The largest absolute Gasteiger partial charge is 0.468 e. The first-order valence-corrected chi connectivity index (χ1v) is 4.57. The van der Waals surface area contributed by atoms with E-state index in [9.17, 15) is 4.79 Å². The van der Waals surface area contributed by atoms with Crippen LogP contribution in [0.2, 0.25) is 0 Å². The van der Waals surface area contributed by atoms with E-state index < -0.39 is 0 Å². The van der Waals surface area contributed by atoms with Crippen molar-refractivity contribution < 1.29 is 9.53 Å². The summed E-state index contributed by atoms with van der Waals surface area (Å²) >= 11 is 0. The van der Waals surface area contributed by atoms with Gasteiger partial charge in [-0.3, -0.25) is 4.79 Å². The topological polar surface area (TPSA) is 81.3 Å². The van der Waals surface area contributed by atoms with Crippen LogP contribution in [-0.2, 0) is 9.53 Å². The molecule has 0 saturated carbocycles. The van der Waals surface area contributed by atoms with Crippen LogP contribution in [0.3, 0.4) is 0 Å². The monoisotopic (exact) mass is 210 g/mol. The predicted octanol–water partition coefficient (Wildman–Crippen LogP) is 0.0581. The second kappa shape index (κ2) is 5.14. The lowest BCUT2D eigenvalue weighted by Gasteiger charge is -2.20. The third-order valence-electron chi connectivity index (χ3n) is 1.94. The second-order valence-electron chi connectivity index (χ2n) is 2.86. The van der Waals surface area contributed by atoms with E-state index in [0.717, 1.165) is 0 Å². The average Bonchev–Trinajstić information content (AvgIpc) is 2.26. The maximum absolute atomic E-state index is 11.1. The van der Waals surface area contributed by atoms with Gasteiger partial charge in [-0.2, -0.15) is 0 Å². The molecule has 1 aromatic rings. The first-order chi connectivity index (χ1) is 7.19. The molecular formula is C9H14N4O2. The Hall–Kier alpha value is -1.85. The van der Waals surface area contributed by atoms with Gasteiger partial charge in [0.15, 0.2) is 11.6 Å². The third-order valence-corrected chi connectivity index (χ3v) is 1.94. The van der Waals surface area contributed by atoms with Gasteiger partial charge in [0.1, 0.15) is 6.54 Å². The molecule has 82 valence electrons. The number of rotatable bonds is 4. The standard InChI is InChI=1S/C9H14N4O2/c1-3-13(6-7(14)15-2)9-8(10)11-4-5-12-9/h4-5H,3,6H2,1-2H3,(H2,10,11). The van der Waals surface area contributed by atoms with Gasteiger partial charge >= 0.3 is 5.97 Å². The zero-order valence-electron chi connectivity index (χ0n) is 8.80. The molecule has 0 unspecified atom stereocenters. The van der Waals surface area contributed by atoms with Crippen molar-refractivity contribution in [2.75, 3.05) is 30.8 Å². The van der Waals surface area contributed by atoms with Crippen molar-refractivity contribution in [2.45, 2.75) is 6.92 Å². The summed E-state index contributed by atoms with van der Waals surface area (Å²) in [6, 6.07) is 0. The highest BCUT2D eigenvalue weighted by atomic mass is 16.5. The minimum absolute atomic E-state index is 0.121. The Bertz CT molecular complexity index is 343. The normalized spacial score (nSPS) is 9.73. The van der Waals surface area contributed by atoms with Crippen LogP contribution < -0.4 is 10.6 Å². The van der Waals surface area contributed by atoms with Crippen molar-refractivity contribution in [1.29, 1.82) is 0 Å². The summed E-state index contributed by atoms with van der Waals surface area (Å²) in [4.78, 5) is 20.8. The first kappa shape index (κ1) is 11.2. The van der Waals surface area contributed by atoms with Crippen molar-refractivity contribution in [3.63, 3.8) is 0 Å². The molecule has 0 aliphatic heterocycles. The van der Waals surface area contributed by atoms with E-state index in [1.54, 1.807) is 4.90 Å². The van der Waals surface area contributed by atoms with Crippen LogP contribution >= 0.6 is 0 Å². The molecule has 0 aliphatic carbocycles. The molecule has 1 rings (SSSR count). The lowest BCUT2D eigenvalue weighted by atomic mass is 10.4. The molecule has 0 aliphatic rings. The van der Waals surface area contributed by atoms with Crippen LogP contribution in [0.15, 0.2) is 12.4 Å². The highest BCUT2D eigenvalue weighted by Crippen LogP contribution is 2.15. The Kier molecular flexibility index (Phi) is 3.84. The zero-order valence-corrected chi connectivity index (χ0v) is 8.80. The van der Waals surface area contributed by atoms with E-state index in [1.165, 1.54) is 19.5 Å². The molecule has 0 radical (unpaired) electrons. The van der Waals surface area contributed by atoms with Crippen molar-refractivity contribution >= 4 is 17.6 Å². The number of hydrogen-bond donors (Lipinski definition) is 1. The van der Waals surface area contributed by atoms with Gasteiger partial charge in [-0.15, -0.1) is 0 Å². The summed E-state index contributed by atoms with van der Waals surface area (Å²) in [5.74, 6) is 0.482. The number of ether oxygens (including phenoxy) is 1.